The van der Waals surface area contributed by atoms with Crippen molar-refractivity contribution in [2.24, 2.45) is 0 Å². The molecular formula is C24H28Cl2N8Rh-4. The second-order valence-electron chi connectivity index (χ2n) is 6.70. The zero-order chi connectivity index (χ0) is 26.6. The van der Waals surface area contributed by atoms with Gasteiger partial charge in [-0.15, -0.1) is 0 Å². The number of pyridine rings is 4. The van der Waals surface area contributed by atoms with Crippen LogP contribution < -0.4 is 0 Å². The van der Waals surface area contributed by atoms with E-state index in [1.807, 2.05) is 76.2 Å². The third-order valence-corrected chi connectivity index (χ3v) is 3.55. The Bertz CT molecular complexity index is 873. The van der Waals surface area contributed by atoms with Crippen LogP contribution in [0.2, 0.25) is 0 Å². The van der Waals surface area contributed by atoms with Crippen molar-refractivity contribution in [3.8, 4) is 0 Å². The van der Waals surface area contributed by atoms with E-state index in [1.54, 1.807) is 24.3 Å². The Morgan fingerprint density at radius 2 is 0.629 bits per heavy atom. The van der Waals surface area contributed by atoms with Gasteiger partial charge in [-0.25, -0.2) is 0 Å². The minimum absolute atomic E-state index is 0.226. The molecule has 0 spiro atoms. The van der Waals surface area contributed by atoms with Gasteiger partial charge >= 0.3 is 34.5 Å². The first-order chi connectivity index (χ1) is 16.6. The second-order valence-corrected chi connectivity index (χ2v) is 9.19. The molecule has 4 aromatic rings. The summed E-state index contributed by atoms with van der Waals surface area (Å²) in [6.45, 7) is 7.49. The predicted molar refractivity (Wildman–Crippen MR) is 144 cm³/mol. The molecule has 8 nitrogen and oxygen atoms in total. The van der Waals surface area contributed by atoms with Gasteiger partial charge < -0.3 is 42.9 Å². The van der Waals surface area contributed by atoms with Crippen LogP contribution in [0, 0.1) is 27.7 Å². The molecule has 35 heavy (non-hydrogen) atoms. The molecule has 0 amide bonds. The number of hydrogen-bond donors (Lipinski definition) is 0. The van der Waals surface area contributed by atoms with Crippen LogP contribution in [0.3, 0.4) is 0 Å². The summed E-state index contributed by atoms with van der Waals surface area (Å²) in [5.74, 6) is 1.35. The third-order valence-electron chi connectivity index (χ3n) is 3.55. The first-order valence-electron chi connectivity index (χ1n) is 10.0. The van der Waals surface area contributed by atoms with Gasteiger partial charge in [0.15, 0.2) is 0 Å². The molecule has 0 aliphatic heterocycles. The quantitative estimate of drug-likeness (QED) is 0.184. The minimum atomic E-state index is -0.226. The van der Waals surface area contributed by atoms with Gasteiger partial charge in [0.1, 0.15) is 0 Å². The summed E-state index contributed by atoms with van der Waals surface area (Å²) in [6, 6.07) is 21.4. The van der Waals surface area contributed by atoms with Gasteiger partial charge in [0.05, 0.1) is 0 Å². The van der Waals surface area contributed by atoms with Crippen LogP contribution in [0.5, 0.6) is 0 Å². The van der Waals surface area contributed by atoms with Crippen LogP contribution in [0.15, 0.2) is 72.8 Å². The molecule has 0 fully saturated rings. The van der Waals surface area contributed by atoms with Crippen LogP contribution in [-0.2, 0) is 15.1 Å². The fourth-order valence-electron chi connectivity index (χ4n) is 2.17. The molecule has 0 atom stereocenters. The summed E-state index contributed by atoms with van der Waals surface area (Å²) in [5.41, 5.74) is 31.7. The van der Waals surface area contributed by atoms with Crippen LogP contribution in [-0.4, -0.2) is 19.9 Å². The van der Waals surface area contributed by atoms with Gasteiger partial charge in [-0.1, -0.05) is 119 Å². The van der Waals surface area contributed by atoms with Crippen molar-refractivity contribution in [3.05, 3.63) is 119 Å². The maximum absolute atomic E-state index is 7.02. The SMILES string of the molecule is Cc1cccc([NH-])n1.Cc1cccc([NH-])n1.Cc1cccc([NH-])n1.Cc1cccc([NH-])n1.[Cl][Rh][Cl]. The van der Waals surface area contributed by atoms with Gasteiger partial charge in [-0.2, -0.15) is 0 Å². The fourth-order valence-corrected chi connectivity index (χ4v) is 2.17. The molecule has 4 rings (SSSR count). The summed E-state index contributed by atoms with van der Waals surface area (Å²) in [4.78, 5) is 15.4. The number of aryl methyl sites for hydroxylation is 4. The number of nitrogens with zero attached hydrogens (tertiary/aromatic N) is 4. The molecule has 11 heteroatoms. The first kappa shape index (κ1) is 32.0. The molecule has 0 unspecified atom stereocenters. The van der Waals surface area contributed by atoms with E-state index < -0.39 is 0 Å². The monoisotopic (exact) mass is 601 g/mol. The Morgan fingerprint density at radius 3 is 0.714 bits per heavy atom. The van der Waals surface area contributed by atoms with Crippen molar-refractivity contribution in [2.45, 2.75) is 27.7 Å². The van der Waals surface area contributed by atoms with Gasteiger partial charge in [0, 0.05) is 0 Å². The van der Waals surface area contributed by atoms with Crippen molar-refractivity contribution in [1.29, 1.82) is 0 Å². The van der Waals surface area contributed by atoms with E-state index in [0.717, 1.165) is 22.8 Å². The van der Waals surface area contributed by atoms with Crippen LogP contribution in [0.25, 0.3) is 22.9 Å². The molecule has 4 heterocycles. The molecule has 4 N–H and O–H groups in total. The predicted octanol–water partition coefficient (Wildman–Crippen LogP) is 9.67. The molecule has 0 aliphatic carbocycles. The van der Waals surface area contributed by atoms with Crippen LogP contribution >= 0.6 is 19.4 Å². The van der Waals surface area contributed by atoms with Crippen molar-refractivity contribution >= 4 is 42.7 Å². The summed E-state index contributed by atoms with van der Waals surface area (Å²) >= 11 is -0.226. The fraction of sp³-hybridized carbons (Fsp3) is 0.167. The number of halogens is 2. The van der Waals surface area contributed by atoms with Crippen molar-refractivity contribution in [1.82, 2.24) is 19.9 Å². The molecule has 0 saturated carbocycles. The van der Waals surface area contributed by atoms with E-state index in [0.29, 0.717) is 23.3 Å². The summed E-state index contributed by atoms with van der Waals surface area (Å²) < 4.78 is 0. The Morgan fingerprint density at radius 1 is 0.457 bits per heavy atom. The average molecular weight is 602 g/mol. The summed E-state index contributed by atoms with van der Waals surface area (Å²) in [7, 11) is 9.67. The van der Waals surface area contributed by atoms with E-state index in [-0.39, 0.29) is 15.1 Å². The molecule has 0 aliphatic rings. The van der Waals surface area contributed by atoms with Gasteiger partial charge in [0.2, 0.25) is 0 Å². The van der Waals surface area contributed by atoms with Gasteiger partial charge in [0.25, 0.3) is 0 Å². The second kappa shape index (κ2) is 19.3. The van der Waals surface area contributed by atoms with E-state index in [9.17, 15) is 0 Å². The first-order valence-corrected chi connectivity index (χ1v) is 14.2. The molecule has 0 radical (unpaired) electrons. The normalized spacial score (nSPS) is 8.97. The van der Waals surface area contributed by atoms with E-state index in [1.165, 1.54) is 0 Å². The van der Waals surface area contributed by atoms with Crippen molar-refractivity contribution in [3.63, 3.8) is 0 Å². The zero-order valence-electron chi connectivity index (χ0n) is 19.8. The standard InChI is InChI=1S/4C6H7N2.2ClH.Rh/c4*1-5-3-2-4-6(7)8-5;;;/h4*2-4H,1H3,(H-,7,8);2*1H;/q4*-1;;;+2/p-2. The van der Waals surface area contributed by atoms with Gasteiger partial charge in [-0.3, -0.25) is 0 Å². The molecular weight excluding hydrogens is 574 g/mol. The van der Waals surface area contributed by atoms with Crippen molar-refractivity contribution < 1.29 is 15.1 Å². The topological polar surface area (TPSA) is 147 Å². The zero-order valence-corrected chi connectivity index (χ0v) is 23.0. The van der Waals surface area contributed by atoms with Crippen LogP contribution in [0.1, 0.15) is 22.8 Å². The maximum atomic E-state index is 7.02. The van der Waals surface area contributed by atoms with Crippen LogP contribution in [0.4, 0.5) is 23.3 Å². The molecule has 191 valence electrons. The number of nitrogens with one attached hydrogen (secondary N) is 4. The average Bonchev–Trinajstić information content (AvgIpc) is 2.75. The Balaban J connectivity index is 0.000000424. The molecule has 4 aromatic heterocycles. The number of aromatic nitrogens is 4. The molecule has 0 aromatic carbocycles. The van der Waals surface area contributed by atoms with E-state index in [4.69, 9.17) is 42.3 Å². The Kier molecular flexibility index (Phi) is 17.7. The summed E-state index contributed by atoms with van der Waals surface area (Å²) in [6.07, 6.45) is 0. The molecule has 0 bridgehead atoms. The number of rotatable bonds is 0. The van der Waals surface area contributed by atoms with E-state index in [2.05, 4.69) is 19.9 Å². The van der Waals surface area contributed by atoms with Crippen molar-refractivity contribution in [2.75, 3.05) is 0 Å². The summed E-state index contributed by atoms with van der Waals surface area (Å²) in [5, 5.41) is 0. The molecule has 0 saturated heterocycles. The van der Waals surface area contributed by atoms with E-state index >= 15 is 0 Å². The third kappa shape index (κ3) is 19.0. The van der Waals surface area contributed by atoms with Gasteiger partial charge in [-0.05, 0) is 27.7 Å². The number of hydrogen-bond acceptors (Lipinski definition) is 4. The Labute approximate surface area is 223 Å². The Hall–Kier alpha value is -3.00.